The van der Waals surface area contributed by atoms with E-state index in [9.17, 15) is 8.42 Å². The van der Waals surface area contributed by atoms with Crippen molar-refractivity contribution in [2.45, 2.75) is 5.25 Å². The minimum absolute atomic E-state index is 0.243. The van der Waals surface area contributed by atoms with Gasteiger partial charge in [0.25, 0.3) is 0 Å². The van der Waals surface area contributed by atoms with Crippen molar-refractivity contribution >= 4 is 9.84 Å². The molecule has 76 valence electrons. The van der Waals surface area contributed by atoms with Crippen LogP contribution in [0.25, 0.3) is 0 Å². The fraction of sp³-hybridized carbons (Fsp3) is 0.400. The Morgan fingerprint density at radius 1 is 1.21 bits per heavy atom. The van der Waals surface area contributed by atoms with Gasteiger partial charge >= 0.3 is 0 Å². The van der Waals surface area contributed by atoms with Gasteiger partial charge in [-0.25, -0.2) is 8.42 Å². The lowest BCUT2D eigenvalue weighted by Gasteiger charge is -2.23. The topological polar surface area (TPSA) is 46.2 Å². The molecule has 1 aromatic carbocycles. The number of hydrogen-bond donors (Lipinski definition) is 1. The first-order chi connectivity index (χ1) is 6.70. The van der Waals surface area contributed by atoms with Crippen molar-refractivity contribution in [2.24, 2.45) is 0 Å². The maximum Gasteiger partial charge on any atom is 0.159 e. The quantitative estimate of drug-likeness (QED) is 0.745. The van der Waals surface area contributed by atoms with Crippen LogP contribution in [0.1, 0.15) is 10.8 Å². The molecule has 1 saturated heterocycles. The Kier molecular flexibility index (Phi) is 2.56. The summed E-state index contributed by atoms with van der Waals surface area (Å²) in [6.07, 6.45) is 0. The SMILES string of the molecule is O=S1(=O)CCNC[C@@H]1c1ccccc1. The average Bonchev–Trinajstić information content (AvgIpc) is 2.18. The highest BCUT2D eigenvalue weighted by Gasteiger charge is 2.29. The first-order valence-electron chi connectivity index (χ1n) is 4.67. The molecule has 1 fully saturated rings. The Bertz CT molecular complexity index is 399. The highest BCUT2D eigenvalue weighted by molar-refractivity contribution is 7.91. The van der Waals surface area contributed by atoms with Crippen LogP contribution in [0.3, 0.4) is 0 Å². The number of benzene rings is 1. The number of rotatable bonds is 1. The lowest BCUT2D eigenvalue weighted by molar-refractivity contribution is 0.551. The number of sulfone groups is 1. The van der Waals surface area contributed by atoms with Crippen molar-refractivity contribution in [3.8, 4) is 0 Å². The van der Waals surface area contributed by atoms with Gasteiger partial charge in [0.1, 0.15) is 0 Å². The van der Waals surface area contributed by atoms with Crippen LogP contribution in [-0.2, 0) is 9.84 Å². The Morgan fingerprint density at radius 3 is 2.57 bits per heavy atom. The molecule has 0 aromatic heterocycles. The smallest absolute Gasteiger partial charge is 0.159 e. The predicted octanol–water partition coefficient (Wildman–Crippen LogP) is 0.746. The van der Waals surface area contributed by atoms with Crippen molar-refractivity contribution < 1.29 is 8.42 Å². The van der Waals surface area contributed by atoms with Gasteiger partial charge in [-0.2, -0.15) is 0 Å². The van der Waals surface area contributed by atoms with Crippen LogP contribution in [0, 0.1) is 0 Å². The monoisotopic (exact) mass is 211 g/mol. The van der Waals surface area contributed by atoms with E-state index in [0.29, 0.717) is 13.1 Å². The van der Waals surface area contributed by atoms with E-state index in [-0.39, 0.29) is 11.0 Å². The molecular formula is C10H13NO2S. The fourth-order valence-corrected chi connectivity index (χ4v) is 3.37. The molecule has 1 aliphatic heterocycles. The third-order valence-corrected chi connectivity index (χ3v) is 4.58. The molecular weight excluding hydrogens is 198 g/mol. The van der Waals surface area contributed by atoms with Gasteiger partial charge in [-0.15, -0.1) is 0 Å². The maximum absolute atomic E-state index is 11.7. The third kappa shape index (κ3) is 1.81. The van der Waals surface area contributed by atoms with Crippen molar-refractivity contribution in [1.29, 1.82) is 0 Å². The van der Waals surface area contributed by atoms with Gasteiger partial charge in [0.15, 0.2) is 9.84 Å². The minimum atomic E-state index is -2.94. The summed E-state index contributed by atoms with van der Waals surface area (Å²) in [7, 11) is -2.94. The fourth-order valence-electron chi connectivity index (χ4n) is 1.71. The summed E-state index contributed by atoms with van der Waals surface area (Å²) in [6, 6.07) is 9.38. The summed E-state index contributed by atoms with van der Waals surface area (Å²) in [5.74, 6) is 0.243. The molecule has 0 radical (unpaired) electrons. The molecule has 1 aliphatic rings. The minimum Gasteiger partial charge on any atom is -0.314 e. The second kappa shape index (κ2) is 3.71. The summed E-state index contributed by atoms with van der Waals surface area (Å²) < 4.78 is 23.5. The molecule has 0 saturated carbocycles. The molecule has 0 amide bonds. The van der Waals surface area contributed by atoms with Gasteiger partial charge in [0.05, 0.1) is 11.0 Å². The zero-order chi connectivity index (χ0) is 10.0. The van der Waals surface area contributed by atoms with Crippen molar-refractivity contribution in [2.75, 3.05) is 18.8 Å². The van der Waals surface area contributed by atoms with E-state index in [4.69, 9.17) is 0 Å². The highest BCUT2D eigenvalue weighted by atomic mass is 32.2. The van der Waals surface area contributed by atoms with Gasteiger partial charge in [-0.1, -0.05) is 30.3 Å². The van der Waals surface area contributed by atoms with Crippen LogP contribution in [-0.4, -0.2) is 27.3 Å². The highest BCUT2D eigenvalue weighted by Crippen LogP contribution is 2.23. The zero-order valence-corrected chi connectivity index (χ0v) is 8.63. The number of hydrogen-bond acceptors (Lipinski definition) is 3. The lowest BCUT2D eigenvalue weighted by Crippen LogP contribution is -2.38. The van der Waals surface area contributed by atoms with E-state index >= 15 is 0 Å². The van der Waals surface area contributed by atoms with Crippen LogP contribution in [0.15, 0.2) is 30.3 Å². The summed E-state index contributed by atoms with van der Waals surface area (Å²) in [5.41, 5.74) is 0.889. The van der Waals surface area contributed by atoms with Crippen molar-refractivity contribution in [1.82, 2.24) is 5.32 Å². The van der Waals surface area contributed by atoms with E-state index in [1.165, 1.54) is 0 Å². The van der Waals surface area contributed by atoms with Crippen LogP contribution in [0.2, 0.25) is 0 Å². The van der Waals surface area contributed by atoms with Crippen LogP contribution >= 0.6 is 0 Å². The van der Waals surface area contributed by atoms with E-state index in [1.54, 1.807) is 0 Å². The van der Waals surface area contributed by atoms with Gasteiger partial charge in [0, 0.05) is 13.1 Å². The molecule has 3 nitrogen and oxygen atoms in total. The summed E-state index contributed by atoms with van der Waals surface area (Å²) in [4.78, 5) is 0. The van der Waals surface area contributed by atoms with Gasteiger partial charge < -0.3 is 5.32 Å². The summed E-state index contributed by atoms with van der Waals surface area (Å²) in [6.45, 7) is 1.11. The lowest BCUT2D eigenvalue weighted by atomic mass is 10.1. The molecule has 1 heterocycles. The Labute approximate surface area is 84.1 Å². The largest absolute Gasteiger partial charge is 0.314 e. The molecule has 14 heavy (non-hydrogen) atoms. The predicted molar refractivity (Wildman–Crippen MR) is 55.8 cm³/mol. The van der Waals surface area contributed by atoms with E-state index in [0.717, 1.165) is 5.56 Å². The Balaban J connectivity index is 2.34. The Hall–Kier alpha value is -0.870. The second-order valence-electron chi connectivity index (χ2n) is 3.47. The summed E-state index contributed by atoms with van der Waals surface area (Å²) in [5, 5.41) is 2.75. The molecule has 0 bridgehead atoms. The van der Waals surface area contributed by atoms with Gasteiger partial charge in [-0.3, -0.25) is 0 Å². The first kappa shape index (κ1) is 9.68. The Morgan fingerprint density at radius 2 is 1.93 bits per heavy atom. The van der Waals surface area contributed by atoms with Crippen molar-refractivity contribution in [3.05, 3.63) is 35.9 Å². The maximum atomic E-state index is 11.7. The third-order valence-electron chi connectivity index (χ3n) is 2.50. The molecule has 1 aromatic rings. The van der Waals surface area contributed by atoms with E-state index in [2.05, 4.69) is 5.32 Å². The van der Waals surface area contributed by atoms with Gasteiger partial charge in [0.2, 0.25) is 0 Å². The molecule has 0 aliphatic carbocycles. The van der Waals surface area contributed by atoms with E-state index < -0.39 is 9.84 Å². The standard InChI is InChI=1S/C10H13NO2S/c12-14(13)7-6-11-8-10(14)9-4-2-1-3-5-9/h1-5,10-11H,6-8H2/t10-/m1/s1. The van der Waals surface area contributed by atoms with Crippen molar-refractivity contribution in [3.63, 3.8) is 0 Å². The number of nitrogens with one attached hydrogen (secondary N) is 1. The molecule has 2 rings (SSSR count). The molecule has 0 unspecified atom stereocenters. The molecule has 4 heteroatoms. The molecule has 0 spiro atoms. The van der Waals surface area contributed by atoms with E-state index in [1.807, 2.05) is 30.3 Å². The normalized spacial score (nSPS) is 25.9. The summed E-state index contributed by atoms with van der Waals surface area (Å²) >= 11 is 0. The van der Waals surface area contributed by atoms with Crippen LogP contribution in [0.4, 0.5) is 0 Å². The van der Waals surface area contributed by atoms with Crippen LogP contribution in [0.5, 0.6) is 0 Å². The molecule has 1 N–H and O–H groups in total. The average molecular weight is 211 g/mol. The second-order valence-corrected chi connectivity index (χ2v) is 5.77. The van der Waals surface area contributed by atoms with Gasteiger partial charge in [-0.05, 0) is 5.56 Å². The first-order valence-corrected chi connectivity index (χ1v) is 6.39. The zero-order valence-electron chi connectivity index (χ0n) is 7.81. The molecule has 1 atom stereocenters. The van der Waals surface area contributed by atoms with Crippen LogP contribution < -0.4 is 5.32 Å².